The SMILES string of the molecule is CCCC(=O)OC1CN=C(c2cc3cccc(N(C)S(=O)(=O)c4nccs4)c3[nH]2)S1. The number of carbonyl (C=O) groups excluding carboxylic acids is 1. The number of sulfonamides is 1. The number of aromatic nitrogens is 2. The number of nitrogens with zero attached hydrogens (tertiary/aromatic N) is 3. The van der Waals surface area contributed by atoms with Crippen molar-refractivity contribution in [1.29, 1.82) is 0 Å². The average Bonchev–Trinajstić information content (AvgIpc) is 3.46. The van der Waals surface area contributed by atoms with Gasteiger partial charge in [0.25, 0.3) is 10.0 Å². The minimum Gasteiger partial charge on any atom is -0.449 e. The van der Waals surface area contributed by atoms with E-state index in [2.05, 4.69) is 15.0 Å². The van der Waals surface area contributed by atoms with E-state index in [0.717, 1.165) is 33.9 Å². The van der Waals surface area contributed by atoms with Gasteiger partial charge >= 0.3 is 5.97 Å². The normalized spacial score (nSPS) is 16.6. The first-order valence-corrected chi connectivity index (χ1v) is 12.5. The summed E-state index contributed by atoms with van der Waals surface area (Å²) in [5.74, 6) is -0.223. The number of esters is 1. The van der Waals surface area contributed by atoms with Gasteiger partial charge in [0.15, 0.2) is 5.44 Å². The summed E-state index contributed by atoms with van der Waals surface area (Å²) in [5.41, 5.74) is 1.63. The van der Waals surface area contributed by atoms with Gasteiger partial charge in [-0.15, -0.1) is 11.3 Å². The molecule has 1 unspecified atom stereocenters. The van der Waals surface area contributed by atoms with E-state index in [1.165, 1.54) is 29.3 Å². The van der Waals surface area contributed by atoms with Gasteiger partial charge in [0.2, 0.25) is 4.34 Å². The molecule has 1 aromatic carbocycles. The molecule has 2 aromatic heterocycles. The van der Waals surface area contributed by atoms with Crippen LogP contribution >= 0.6 is 23.1 Å². The van der Waals surface area contributed by atoms with E-state index in [9.17, 15) is 13.2 Å². The molecular formula is C19H20N4O4S3. The maximum atomic E-state index is 12.9. The number of hydrogen-bond donors (Lipinski definition) is 1. The van der Waals surface area contributed by atoms with Crippen LogP contribution in [0, 0.1) is 0 Å². The van der Waals surface area contributed by atoms with Crippen LogP contribution in [0.15, 0.2) is 45.2 Å². The number of H-pyrrole nitrogens is 1. The number of aliphatic imine (C=N–C) groups is 1. The second-order valence-electron chi connectivity index (χ2n) is 6.63. The van der Waals surface area contributed by atoms with E-state index in [-0.39, 0.29) is 15.7 Å². The lowest BCUT2D eigenvalue weighted by Gasteiger charge is -2.18. The van der Waals surface area contributed by atoms with Gasteiger partial charge in [-0.1, -0.05) is 30.8 Å². The first kappa shape index (κ1) is 20.9. The third kappa shape index (κ3) is 3.96. The van der Waals surface area contributed by atoms with Gasteiger partial charge in [-0.05, 0) is 18.6 Å². The number of aromatic amines is 1. The third-order valence-corrected chi connectivity index (χ3v) is 8.57. The van der Waals surface area contributed by atoms with Crippen molar-refractivity contribution in [3.05, 3.63) is 41.5 Å². The van der Waals surface area contributed by atoms with Gasteiger partial charge in [0.05, 0.1) is 23.4 Å². The summed E-state index contributed by atoms with van der Waals surface area (Å²) in [7, 11) is -2.24. The second kappa shape index (κ2) is 8.40. The third-order valence-electron chi connectivity index (χ3n) is 4.54. The summed E-state index contributed by atoms with van der Waals surface area (Å²) >= 11 is 2.46. The van der Waals surface area contributed by atoms with Gasteiger partial charge in [0.1, 0.15) is 5.04 Å². The Morgan fingerprint density at radius 1 is 1.40 bits per heavy atom. The lowest BCUT2D eigenvalue weighted by molar-refractivity contribution is -0.144. The van der Waals surface area contributed by atoms with E-state index < -0.39 is 10.0 Å². The van der Waals surface area contributed by atoms with Crippen LogP contribution in [0.4, 0.5) is 5.69 Å². The number of hydrogen-bond acceptors (Lipinski definition) is 8. The average molecular weight is 465 g/mol. The molecule has 158 valence electrons. The summed E-state index contributed by atoms with van der Waals surface area (Å²) in [6, 6.07) is 7.38. The van der Waals surface area contributed by atoms with Crippen LogP contribution in [0.2, 0.25) is 0 Å². The minimum atomic E-state index is -3.75. The van der Waals surface area contributed by atoms with Crippen molar-refractivity contribution in [2.45, 2.75) is 29.5 Å². The number of ether oxygens (including phenoxy) is 1. The summed E-state index contributed by atoms with van der Waals surface area (Å²) < 4.78 is 32.5. The van der Waals surface area contributed by atoms with E-state index in [0.29, 0.717) is 24.2 Å². The highest BCUT2D eigenvalue weighted by Crippen LogP contribution is 2.33. The predicted molar refractivity (Wildman–Crippen MR) is 120 cm³/mol. The molecule has 1 atom stereocenters. The van der Waals surface area contributed by atoms with Crippen LogP contribution in [0.25, 0.3) is 10.9 Å². The maximum Gasteiger partial charge on any atom is 0.306 e. The molecule has 0 amide bonds. The summed E-state index contributed by atoms with van der Waals surface area (Å²) in [5, 5.41) is 3.23. The Morgan fingerprint density at radius 2 is 2.23 bits per heavy atom. The number of fused-ring (bicyclic) bond motifs is 1. The summed E-state index contributed by atoms with van der Waals surface area (Å²) in [6.45, 7) is 2.33. The Morgan fingerprint density at radius 3 is 2.97 bits per heavy atom. The fraction of sp³-hybridized carbons (Fsp3) is 0.316. The fourth-order valence-corrected chi connectivity index (χ4v) is 6.21. The molecule has 8 nitrogen and oxygen atoms in total. The molecule has 1 N–H and O–H groups in total. The lowest BCUT2D eigenvalue weighted by Crippen LogP contribution is -2.26. The van der Waals surface area contributed by atoms with Crippen LogP contribution in [0.3, 0.4) is 0 Å². The molecule has 3 heterocycles. The molecule has 4 rings (SSSR count). The van der Waals surface area contributed by atoms with Crippen molar-refractivity contribution in [1.82, 2.24) is 9.97 Å². The van der Waals surface area contributed by atoms with E-state index in [1.807, 2.05) is 25.1 Å². The van der Waals surface area contributed by atoms with Crippen LogP contribution < -0.4 is 4.31 Å². The topological polar surface area (TPSA) is 105 Å². The van der Waals surface area contributed by atoms with Crippen molar-refractivity contribution in [3.63, 3.8) is 0 Å². The van der Waals surface area contributed by atoms with Gasteiger partial charge in [0, 0.05) is 30.4 Å². The molecule has 0 bridgehead atoms. The highest BCUT2D eigenvalue weighted by atomic mass is 32.2. The Labute approximate surface area is 182 Å². The summed E-state index contributed by atoms with van der Waals surface area (Å²) in [4.78, 5) is 23.5. The molecular weight excluding hydrogens is 444 g/mol. The lowest BCUT2D eigenvalue weighted by atomic mass is 10.2. The summed E-state index contributed by atoms with van der Waals surface area (Å²) in [6.07, 6.45) is 2.60. The van der Waals surface area contributed by atoms with Crippen molar-refractivity contribution in [3.8, 4) is 0 Å². The minimum absolute atomic E-state index is 0.0428. The largest absolute Gasteiger partial charge is 0.449 e. The molecule has 0 fully saturated rings. The van der Waals surface area contributed by atoms with Gasteiger partial charge in [-0.25, -0.2) is 4.98 Å². The Bertz CT molecular complexity index is 1200. The second-order valence-corrected chi connectivity index (χ2v) is 10.8. The van der Waals surface area contributed by atoms with Crippen molar-refractivity contribution in [2.24, 2.45) is 4.99 Å². The monoisotopic (exact) mass is 464 g/mol. The number of carbonyl (C=O) groups is 1. The van der Waals surface area contributed by atoms with Crippen LogP contribution in [0.5, 0.6) is 0 Å². The first-order valence-electron chi connectivity index (χ1n) is 9.31. The molecule has 3 aromatic rings. The quantitative estimate of drug-likeness (QED) is 0.536. The molecule has 0 radical (unpaired) electrons. The molecule has 0 spiro atoms. The van der Waals surface area contributed by atoms with E-state index >= 15 is 0 Å². The molecule has 0 saturated heterocycles. The molecule has 0 saturated carbocycles. The number of para-hydroxylation sites is 1. The van der Waals surface area contributed by atoms with Crippen LogP contribution in [0.1, 0.15) is 25.5 Å². The Hall–Kier alpha value is -2.37. The van der Waals surface area contributed by atoms with E-state index in [4.69, 9.17) is 4.74 Å². The predicted octanol–water partition coefficient (Wildman–Crippen LogP) is 3.61. The number of thiazole rings is 1. The van der Waals surface area contributed by atoms with Crippen molar-refractivity contribution < 1.29 is 17.9 Å². The zero-order valence-electron chi connectivity index (χ0n) is 16.4. The van der Waals surface area contributed by atoms with Crippen molar-refractivity contribution in [2.75, 3.05) is 17.9 Å². The molecule has 11 heteroatoms. The fourth-order valence-electron chi connectivity index (χ4n) is 3.08. The zero-order valence-corrected chi connectivity index (χ0v) is 18.8. The standard InChI is InChI=1S/C19H20N4O4S3/c1-3-5-15(24)27-16-11-21-18(29-16)13-10-12-6-4-7-14(17(12)22-13)23(2)30(25,26)19-20-8-9-28-19/h4,6-10,16,22H,3,5,11H2,1-2H3. The zero-order chi connectivity index (χ0) is 21.3. The number of nitrogens with one attached hydrogen (secondary N) is 1. The molecule has 0 aliphatic carbocycles. The number of thioether (sulfide) groups is 1. The van der Waals surface area contributed by atoms with Crippen LogP contribution in [-0.2, 0) is 19.6 Å². The van der Waals surface area contributed by atoms with Crippen LogP contribution in [-0.4, -0.2) is 48.4 Å². The maximum absolute atomic E-state index is 12.9. The Balaban J connectivity index is 1.60. The number of benzene rings is 1. The molecule has 1 aliphatic heterocycles. The number of anilines is 1. The number of rotatable bonds is 7. The van der Waals surface area contributed by atoms with Gasteiger partial charge < -0.3 is 9.72 Å². The van der Waals surface area contributed by atoms with Gasteiger partial charge in [-0.2, -0.15) is 8.42 Å². The smallest absolute Gasteiger partial charge is 0.306 e. The van der Waals surface area contributed by atoms with E-state index in [1.54, 1.807) is 11.4 Å². The van der Waals surface area contributed by atoms with Crippen molar-refractivity contribution >= 4 is 60.7 Å². The highest BCUT2D eigenvalue weighted by Gasteiger charge is 2.28. The van der Waals surface area contributed by atoms with Gasteiger partial charge in [-0.3, -0.25) is 14.1 Å². The molecule has 1 aliphatic rings. The Kier molecular flexibility index (Phi) is 5.85. The highest BCUT2D eigenvalue weighted by molar-refractivity contribution is 8.15. The first-order chi connectivity index (χ1) is 14.4. The molecule has 30 heavy (non-hydrogen) atoms.